The molecule has 2 aromatic rings. The molecule has 2 amide bonds. The molecule has 0 saturated carbocycles. The van der Waals surface area contributed by atoms with E-state index in [1.165, 1.54) is 0 Å². The van der Waals surface area contributed by atoms with Gasteiger partial charge in [0.2, 0.25) is 11.8 Å². The SMILES string of the molecule is COc1ccccc1N1CCN(C(=O)[C@H]2CC(=O)N(c3cc(Cl)ccc3OC)C2)CC1. The summed E-state index contributed by atoms with van der Waals surface area (Å²) in [7, 11) is 3.22. The van der Waals surface area contributed by atoms with Crippen molar-refractivity contribution in [2.45, 2.75) is 6.42 Å². The highest BCUT2D eigenvalue weighted by Gasteiger charge is 2.39. The van der Waals surface area contributed by atoms with Crippen molar-refractivity contribution in [3.05, 3.63) is 47.5 Å². The van der Waals surface area contributed by atoms with Crippen LogP contribution < -0.4 is 19.3 Å². The van der Waals surface area contributed by atoms with Gasteiger partial charge in [0.25, 0.3) is 0 Å². The first-order valence-electron chi connectivity index (χ1n) is 10.3. The first-order chi connectivity index (χ1) is 15.0. The molecule has 2 aliphatic rings. The van der Waals surface area contributed by atoms with Gasteiger partial charge in [0.05, 0.1) is 31.5 Å². The van der Waals surface area contributed by atoms with Gasteiger partial charge in [-0.1, -0.05) is 23.7 Å². The number of para-hydroxylation sites is 2. The van der Waals surface area contributed by atoms with Crippen molar-refractivity contribution in [1.29, 1.82) is 0 Å². The number of hydrogen-bond acceptors (Lipinski definition) is 5. The van der Waals surface area contributed by atoms with Gasteiger partial charge in [0.15, 0.2) is 0 Å². The van der Waals surface area contributed by atoms with Gasteiger partial charge in [-0.25, -0.2) is 0 Å². The number of hydrogen-bond donors (Lipinski definition) is 0. The van der Waals surface area contributed by atoms with Crippen molar-refractivity contribution in [2.75, 3.05) is 56.7 Å². The fourth-order valence-electron chi connectivity index (χ4n) is 4.30. The van der Waals surface area contributed by atoms with Gasteiger partial charge < -0.3 is 24.2 Å². The summed E-state index contributed by atoms with van der Waals surface area (Å²) in [5.41, 5.74) is 1.64. The van der Waals surface area contributed by atoms with E-state index < -0.39 is 0 Å². The average molecular weight is 444 g/mol. The van der Waals surface area contributed by atoms with Gasteiger partial charge in [-0.05, 0) is 30.3 Å². The van der Waals surface area contributed by atoms with Crippen molar-refractivity contribution >= 4 is 34.8 Å². The molecule has 0 unspecified atom stereocenters. The molecule has 0 N–H and O–H groups in total. The van der Waals surface area contributed by atoms with Crippen LogP contribution in [-0.4, -0.2) is 63.7 Å². The minimum absolute atomic E-state index is 0.0246. The summed E-state index contributed by atoms with van der Waals surface area (Å²) >= 11 is 6.12. The molecular weight excluding hydrogens is 418 g/mol. The summed E-state index contributed by atoms with van der Waals surface area (Å²) in [5, 5.41) is 0.519. The quantitative estimate of drug-likeness (QED) is 0.710. The van der Waals surface area contributed by atoms with Crippen LogP contribution in [0.2, 0.25) is 5.02 Å². The second kappa shape index (κ2) is 9.06. The van der Waals surface area contributed by atoms with E-state index in [-0.39, 0.29) is 24.2 Å². The molecule has 2 aromatic carbocycles. The zero-order chi connectivity index (χ0) is 22.0. The average Bonchev–Trinajstić information content (AvgIpc) is 3.20. The number of amides is 2. The molecule has 2 aliphatic heterocycles. The molecule has 0 aliphatic carbocycles. The van der Waals surface area contributed by atoms with Gasteiger partial charge in [-0.3, -0.25) is 9.59 Å². The molecule has 0 aromatic heterocycles. The molecule has 31 heavy (non-hydrogen) atoms. The number of benzene rings is 2. The Kier molecular flexibility index (Phi) is 6.23. The fourth-order valence-corrected chi connectivity index (χ4v) is 4.46. The number of halogens is 1. The predicted molar refractivity (Wildman–Crippen MR) is 120 cm³/mol. The Morgan fingerprint density at radius 3 is 2.35 bits per heavy atom. The molecule has 4 rings (SSSR count). The zero-order valence-corrected chi connectivity index (χ0v) is 18.5. The Bertz CT molecular complexity index is 975. The van der Waals surface area contributed by atoms with Crippen LogP contribution in [0.3, 0.4) is 0 Å². The molecule has 2 heterocycles. The predicted octanol–water partition coefficient (Wildman–Crippen LogP) is 3.06. The van der Waals surface area contributed by atoms with E-state index >= 15 is 0 Å². The summed E-state index contributed by atoms with van der Waals surface area (Å²) in [6.07, 6.45) is 0.196. The highest BCUT2D eigenvalue weighted by atomic mass is 35.5. The van der Waals surface area contributed by atoms with Crippen LogP contribution >= 0.6 is 11.6 Å². The van der Waals surface area contributed by atoms with Crippen LogP contribution in [0, 0.1) is 5.92 Å². The molecule has 0 spiro atoms. The van der Waals surface area contributed by atoms with Crippen molar-refractivity contribution in [3.63, 3.8) is 0 Å². The normalized spacial score (nSPS) is 19.0. The van der Waals surface area contributed by atoms with Crippen LogP contribution in [0.4, 0.5) is 11.4 Å². The molecule has 7 nitrogen and oxygen atoms in total. The molecule has 2 fully saturated rings. The van der Waals surface area contributed by atoms with Crippen LogP contribution in [0.25, 0.3) is 0 Å². The van der Waals surface area contributed by atoms with Crippen molar-refractivity contribution in [3.8, 4) is 11.5 Å². The highest BCUT2D eigenvalue weighted by molar-refractivity contribution is 6.31. The number of carbonyl (C=O) groups excluding carboxylic acids is 2. The Morgan fingerprint density at radius 1 is 0.968 bits per heavy atom. The standard InChI is InChI=1S/C23H26ClN3O4/c1-30-20-6-4-3-5-18(20)25-9-11-26(12-10-25)23(29)16-13-22(28)27(15-16)19-14-17(24)7-8-21(19)31-2/h3-8,14,16H,9-13,15H2,1-2H3/t16-/m0/s1. The molecule has 8 heteroatoms. The maximum absolute atomic E-state index is 13.2. The van der Waals surface area contributed by atoms with Gasteiger partial charge in [-0.2, -0.15) is 0 Å². The van der Waals surface area contributed by atoms with Crippen LogP contribution in [0.15, 0.2) is 42.5 Å². The van der Waals surface area contributed by atoms with E-state index in [2.05, 4.69) is 4.90 Å². The minimum Gasteiger partial charge on any atom is -0.495 e. The van der Waals surface area contributed by atoms with Crippen molar-refractivity contribution in [1.82, 2.24) is 4.90 Å². The maximum atomic E-state index is 13.2. The summed E-state index contributed by atoms with van der Waals surface area (Å²) in [5.74, 6) is 0.961. The first-order valence-corrected chi connectivity index (χ1v) is 10.7. The van der Waals surface area contributed by atoms with Crippen LogP contribution in [-0.2, 0) is 9.59 Å². The number of rotatable bonds is 5. The number of anilines is 2. The molecule has 164 valence electrons. The maximum Gasteiger partial charge on any atom is 0.228 e. The smallest absolute Gasteiger partial charge is 0.228 e. The van der Waals surface area contributed by atoms with Gasteiger partial charge in [-0.15, -0.1) is 0 Å². The van der Waals surface area contributed by atoms with E-state index in [1.54, 1.807) is 37.3 Å². The topological polar surface area (TPSA) is 62.3 Å². The summed E-state index contributed by atoms with van der Waals surface area (Å²) in [6, 6.07) is 13.1. The lowest BCUT2D eigenvalue weighted by Crippen LogP contribution is -2.50. The first kappa shape index (κ1) is 21.3. The summed E-state index contributed by atoms with van der Waals surface area (Å²) in [6.45, 7) is 3.00. The number of piperazine rings is 1. The Hall–Kier alpha value is -2.93. The second-order valence-electron chi connectivity index (χ2n) is 7.71. The lowest BCUT2D eigenvalue weighted by Gasteiger charge is -2.37. The molecular formula is C23H26ClN3O4. The molecule has 1 atom stereocenters. The second-order valence-corrected chi connectivity index (χ2v) is 8.14. The largest absolute Gasteiger partial charge is 0.495 e. The number of methoxy groups -OCH3 is 2. The van der Waals surface area contributed by atoms with Gasteiger partial charge >= 0.3 is 0 Å². The fraction of sp³-hybridized carbons (Fsp3) is 0.391. The molecule has 2 saturated heterocycles. The van der Waals surface area contributed by atoms with Crippen LogP contribution in [0.5, 0.6) is 11.5 Å². The highest BCUT2D eigenvalue weighted by Crippen LogP contribution is 2.36. The number of nitrogens with zero attached hydrogens (tertiary/aromatic N) is 3. The van der Waals surface area contributed by atoms with Gasteiger partial charge in [0.1, 0.15) is 11.5 Å². The van der Waals surface area contributed by atoms with Gasteiger partial charge in [0, 0.05) is 44.2 Å². The van der Waals surface area contributed by atoms with Crippen molar-refractivity contribution < 1.29 is 19.1 Å². The third kappa shape index (κ3) is 4.28. The molecule has 0 radical (unpaired) electrons. The minimum atomic E-state index is -0.367. The van der Waals surface area contributed by atoms with E-state index in [0.717, 1.165) is 24.5 Å². The Labute approximate surface area is 187 Å². The molecule has 0 bridgehead atoms. The van der Waals surface area contributed by atoms with Crippen molar-refractivity contribution in [2.24, 2.45) is 5.92 Å². The Morgan fingerprint density at radius 2 is 1.65 bits per heavy atom. The van der Waals surface area contributed by atoms with Crippen LogP contribution in [0.1, 0.15) is 6.42 Å². The summed E-state index contributed by atoms with van der Waals surface area (Å²) < 4.78 is 10.8. The van der Waals surface area contributed by atoms with E-state index in [9.17, 15) is 9.59 Å². The monoisotopic (exact) mass is 443 g/mol. The Balaban J connectivity index is 1.41. The number of ether oxygens (including phenoxy) is 2. The lowest BCUT2D eigenvalue weighted by molar-refractivity contribution is -0.136. The third-order valence-electron chi connectivity index (χ3n) is 5.92. The van der Waals surface area contributed by atoms with E-state index in [0.29, 0.717) is 36.1 Å². The van der Waals surface area contributed by atoms with E-state index in [4.69, 9.17) is 21.1 Å². The lowest BCUT2D eigenvalue weighted by atomic mass is 10.1. The van der Waals surface area contributed by atoms with E-state index in [1.807, 2.05) is 29.2 Å². The summed E-state index contributed by atoms with van der Waals surface area (Å²) in [4.78, 5) is 31.6. The zero-order valence-electron chi connectivity index (χ0n) is 17.7. The number of carbonyl (C=O) groups is 2. The third-order valence-corrected chi connectivity index (χ3v) is 6.16.